The number of hydrogen-bond donors (Lipinski definition) is 1. The minimum atomic E-state index is 0.216. The van der Waals surface area contributed by atoms with Gasteiger partial charge in [-0.15, -0.1) is 11.3 Å². The SMILES string of the molecule is CCC(NCC1Cc2cc(Br)ccc2O1)c1nccs1. The van der Waals surface area contributed by atoms with E-state index >= 15 is 0 Å². The lowest BCUT2D eigenvalue weighted by atomic mass is 10.1. The first-order valence-electron chi connectivity index (χ1n) is 6.84. The van der Waals surface area contributed by atoms with Gasteiger partial charge in [0.25, 0.3) is 0 Å². The molecule has 2 heterocycles. The first-order chi connectivity index (χ1) is 9.76. The summed E-state index contributed by atoms with van der Waals surface area (Å²) < 4.78 is 7.09. The molecule has 1 N–H and O–H groups in total. The van der Waals surface area contributed by atoms with Crippen molar-refractivity contribution in [1.82, 2.24) is 10.3 Å². The van der Waals surface area contributed by atoms with Crippen LogP contribution in [0.25, 0.3) is 0 Å². The second kappa shape index (κ2) is 6.24. The lowest BCUT2D eigenvalue weighted by Gasteiger charge is -2.17. The summed E-state index contributed by atoms with van der Waals surface area (Å²) in [5.74, 6) is 1.02. The number of aromatic nitrogens is 1. The van der Waals surface area contributed by atoms with Crippen LogP contribution in [0.3, 0.4) is 0 Å². The molecule has 0 aliphatic carbocycles. The lowest BCUT2D eigenvalue weighted by molar-refractivity contribution is 0.220. The van der Waals surface area contributed by atoms with Gasteiger partial charge in [-0.2, -0.15) is 0 Å². The van der Waals surface area contributed by atoms with E-state index in [1.165, 1.54) is 5.56 Å². The Kier molecular flexibility index (Phi) is 4.38. The van der Waals surface area contributed by atoms with E-state index < -0.39 is 0 Å². The topological polar surface area (TPSA) is 34.1 Å². The van der Waals surface area contributed by atoms with Crippen molar-refractivity contribution in [2.45, 2.75) is 31.9 Å². The van der Waals surface area contributed by atoms with Crippen molar-refractivity contribution in [3.8, 4) is 5.75 Å². The van der Waals surface area contributed by atoms with E-state index in [0.717, 1.165) is 34.6 Å². The molecule has 3 rings (SSSR count). The molecule has 1 aromatic heterocycles. The molecule has 106 valence electrons. The Morgan fingerprint density at radius 1 is 1.55 bits per heavy atom. The summed E-state index contributed by atoms with van der Waals surface area (Å²) in [5, 5.41) is 6.76. The van der Waals surface area contributed by atoms with Crippen molar-refractivity contribution in [1.29, 1.82) is 0 Å². The molecule has 2 atom stereocenters. The molecule has 2 unspecified atom stereocenters. The third kappa shape index (κ3) is 3.05. The Balaban J connectivity index is 1.58. The fourth-order valence-electron chi connectivity index (χ4n) is 2.49. The summed E-state index contributed by atoms with van der Waals surface area (Å²) in [7, 11) is 0. The van der Waals surface area contributed by atoms with Gasteiger partial charge in [0.2, 0.25) is 0 Å². The maximum absolute atomic E-state index is 5.97. The third-order valence-electron chi connectivity index (χ3n) is 3.51. The van der Waals surface area contributed by atoms with Gasteiger partial charge in [-0.3, -0.25) is 0 Å². The highest BCUT2D eigenvalue weighted by atomic mass is 79.9. The second-order valence-corrected chi connectivity index (χ2v) is 6.78. The molecule has 0 fully saturated rings. The number of hydrogen-bond acceptors (Lipinski definition) is 4. The standard InChI is InChI=1S/C15H17BrN2OS/c1-2-13(15-17-5-6-20-15)18-9-12-8-10-7-11(16)3-4-14(10)19-12/h3-7,12-13,18H,2,8-9H2,1H3. The van der Waals surface area contributed by atoms with Gasteiger partial charge in [0.05, 0.1) is 6.04 Å². The van der Waals surface area contributed by atoms with Gasteiger partial charge < -0.3 is 10.1 Å². The number of halogens is 1. The average Bonchev–Trinajstić information content (AvgIpc) is 3.08. The summed E-state index contributed by atoms with van der Waals surface area (Å²) in [6.45, 7) is 3.03. The van der Waals surface area contributed by atoms with E-state index in [4.69, 9.17) is 4.74 Å². The zero-order valence-corrected chi connectivity index (χ0v) is 13.7. The van der Waals surface area contributed by atoms with Crippen LogP contribution in [0.5, 0.6) is 5.75 Å². The average molecular weight is 353 g/mol. The molecular weight excluding hydrogens is 336 g/mol. The number of ether oxygens (including phenoxy) is 1. The summed E-state index contributed by atoms with van der Waals surface area (Å²) in [5.41, 5.74) is 1.29. The van der Waals surface area contributed by atoms with E-state index in [-0.39, 0.29) is 6.10 Å². The normalized spacial score (nSPS) is 18.6. The van der Waals surface area contributed by atoms with Crippen molar-refractivity contribution in [3.63, 3.8) is 0 Å². The predicted octanol–water partition coefficient (Wildman–Crippen LogP) is 3.95. The molecule has 1 aromatic carbocycles. The number of benzene rings is 1. The van der Waals surface area contributed by atoms with Crippen LogP contribution in [0, 0.1) is 0 Å². The van der Waals surface area contributed by atoms with E-state index in [1.54, 1.807) is 11.3 Å². The zero-order valence-electron chi connectivity index (χ0n) is 11.3. The number of rotatable bonds is 5. The monoisotopic (exact) mass is 352 g/mol. The number of fused-ring (bicyclic) bond motifs is 1. The Bertz CT molecular complexity index is 573. The molecule has 0 bridgehead atoms. The van der Waals surface area contributed by atoms with Gasteiger partial charge in [-0.25, -0.2) is 4.98 Å². The van der Waals surface area contributed by atoms with Gasteiger partial charge in [0.1, 0.15) is 16.9 Å². The van der Waals surface area contributed by atoms with Crippen molar-refractivity contribution in [2.75, 3.05) is 6.54 Å². The van der Waals surface area contributed by atoms with Gasteiger partial charge in [0, 0.05) is 29.0 Å². The largest absolute Gasteiger partial charge is 0.488 e. The van der Waals surface area contributed by atoms with Crippen LogP contribution in [0.1, 0.15) is 30.0 Å². The van der Waals surface area contributed by atoms with E-state index in [9.17, 15) is 0 Å². The summed E-state index contributed by atoms with van der Waals surface area (Å²) in [6, 6.07) is 6.54. The Hall–Kier alpha value is -0.910. The highest BCUT2D eigenvalue weighted by molar-refractivity contribution is 9.10. The Labute approximate surface area is 131 Å². The maximum atomic E-state index is 5.97. The summed E-state index contributed by atoms with van der Waals surface area (Å²) in [4.78, 5) is 4.39. The fourth-order valence-corrected chi connectivity index (χ4v) is 3.70. The molecule has 0 spiro atoms. The molecular formula is C15H17BrN2OS. The van der Waals surface area contributed by atoms with Crippen molar-refractivity contribution < 1.29 is 4.74 Å². The quantitative estimate of drug-likeness (QED) is 0.884. The molecule has 1 aliphatic rings. The minimum Gasteiger partial charge on any atom is -0.488 e. The van der Waals surface area contributed by atoms with Gasteiger partial charge in [0.15, 0.2) is 0 Å². The van der Waals surface area contributed by atoms with Crippen LogP contribution in [-0.4, -0.2) is 17.6 Å². The molecule has 0 saturated heterocycles. The van der Waals surface area contributed by atoms with E-state index in [2.05, 4.69) is 39.2 Å². The molecule has 2 aromatic rings. The molecule has 1 aliphatic heterocycles. The Morgan fingerprint density at radius 3 is 3.20 bits per heavy atom. The van der Waals surface area contributed by atoms with Crippen LogP contribution in [0.15, 0.2) is 34.2 Å². The maximum Gasteiger partial charge on any atom is 0.123 e. The molecule has 5 heteroatoms. The van der Waals surface area contributed by atoms with Crippen LogP contribution in [0.4, 0.5) is 0 Å². The van der Waals surface area contributed by atoms with Crippen molar-refractivity contribution in [2.24, 2.45) is 0 Å². The van der Waals surface area contributed by atoms with Crippen molar-refractivity contribution >= 4 is 27.3 Å². The van der Waals surface area contributed by atoms with Crippen LogP contribution >= 0.6 is 27.3 Å². The fraction of sp³-hybridized carbons (Fsp3) is 0.400. The van der Waals surface area contributed by atoms with Crippen LogP contribution < -0.4 is 10.1 Å². The number of thiazole rings is 1. The second-order valence-electron chi connectivity index (χ2n) is 4.94. The van der Waals surface area contributed by atoms with Crippen LogP contribution in [-0.2, 0) is 6.42 Å². The van der Waals surface area contributed by atoms with Gasteiger partial charge in [-0.05, 0) is 30.2 Å². The Morgan fingerprint density at radius 2 is 2.45 bits per heavy atom. The molecule has 0 radical (unpaired) electrons. The predicted molar refractivity (Wildman–Crippen MR) is 85.4 cm³/mol. The van der Waals surface area contributed by atoms with E-state index in [1.807, 2.05) is 23.7 Å². The summed E-state index contributed by atoms with van der Waals surface area (Å²) >= 11 is 5.21. The number of nitrogens with zero attached hydrogens (tertiary/aromatic N) is 1. The first-order valence-corrected chi connectivity index (χ1v) is 8.51. The highest BCUT2D eigenvalue weighted by Crippen LogP contribution is 2.31. The lowest BCUT2D eigenvalue weighted by Crippen LogP contribution is -2.32. The molecule has 0 amide bonds. The molecule has 3 nitrogen and oxygen atoms in total. The smallest absolute Gasteiger partial charge is 0.123 e. The molecule has 0 saturated carbocycles. The number of nitrogens with one attached hydrogen (secondary N) is 1. The highest BCUT2D eigenvalue weighted by Gasteiger charge is 2.24. The van der Waals surface area contributed by atoms with Gasteiger partial charge >= 0.3 is 0 Å². The zero-order chi connectivity index (χ0) is 13.9. The van der Waals surface area contributed by atoms with Crippen molar-refractivity contribution in [3.05, 3.63) is 44.8 Å². The van der Waals surface area contributed by atoms with E-state index in [0.29, 0.717) is 6.04 Å². The summed E-state index contributed by atoms with van der Waals surface area (Å²) in [6.07, 6.45) is 4.09. The van der Waals surface area contributed by atoms with Crippen LogP contribution in [0.2, 0.25) is 0 Å². The minimum absolute atomic E-state index is 0.216. The first kappa shape index (κ1) is 14.0. The third-order valence-corrected chi connectivity index (χ3v) is 4.90. The molecule has 20 heavy (non-hydrogen) atoms. The van der Waals surface area contributed by atoms with Gasteiger partial charge in [-0.1, -0.05) is 22.9 Å².